The third-order valence-electron chi connectivity index (χ3n) is 3.55. The fraction of sp³-hybridized carbons (Fsp3) is 0.733. The van der Waals surface area contributed by atoms with Gasteiger partial charge in [0, 0.05) is 15.9 Å². The molecule has 0 amide bonds. The monoisotopic (exact) mass is 294 g/mol. The quantitative estimate of drug-likeness (QED) is 0.775. The van der Waals surface area contributed by atoms with Crippen LogP contribution < -0.4 is 0 Å². The highest BCUT2D eigenvalue weighted by Gasteiger charge is 2.17. The van der Waals surface area contributed by atoms with Crippen LogP contribution in [0.15, 0.2) is 0 Å². The molecule has 104 valence electrons. The van der Waals surface area contributed by atoms with Crippen molar-refractivity contribution >= 4 is 23.1 Å². The summed E-state index contributed by atoms with van der Waals surface area (Å²) in [7, 11) is 0. The zero-order chi connectivity index (χ0) is 13.7. The Bertz CT molecular complexity index is 439. The summed E-state index contributed by atoms with van der Waals surface area (Å²) in [6.45, 7) is 4.32. The third-order valence-corrected chi connectivity index (χ3v) is 6.19. The van der Waals surface area contributed by atoms with Gasteiger partial charge in [0.15, 0.2) is 0 Å². The van der Waals surface area contributed by atoms with Crippen LogP contribution >= 0.6 is 23.1 Å². The Morgan fingerprint density at radius 3 is 2.74 bits per heavy atom. The highest BCUT2D eigenvalue weighted by Crippen LogP contribution is 2.33. The van der Waals surface area contributed by atoms with Crippen molar-refractivity contribution in [2.24, 2.45) is 0 Å². The Labute approximate surface area is 124 Å². The molecule has 2 nitrogen and oxygen atoms in total. The van der Waals surface area contributed by atoms with E-state index in [4.69, 9.17) is 10.2 Å². The van der Waals surface area contributed by atoms with Crippen molar-refractivity contribution < 1.29 is 0 Å². The fourth-order valence-corrected chi connectivity index (χ4v) is 5.05. The first-order valence-electron chi connectivity index (χ1n) is 7.17. The number of nitrogens with zero attached hydrogens (tertiary/aromatic N) is 2. The lowest BCUT2D eigenvalue weighted by molar-refractivity contribution is 0.516. The van der Waals surface area contributed by atoms with Crippen LogP contribution in [0.4, 0.5) is 0 Å². The lowest BCUT2D eigenvalue weighted by Crippen LogP contribution is -2.08. The molecule has 0 aliphatic heterocycles. The molecule has 4 heteroatoms. The van der Waals surface area contributed by atoms with Gasteiger partial charge in [0.05, 0.1) is 18.2 Å². The zero-order valence-electron chi connectivity index (χ0n) is 11.8. The Balaban J connectivity index is 1.96. The summed E-state index contributed by atoms with van der Waals surface area (Å²) in [5.41, 5.74) is 1.14. The normalized spacial score (nSPS) is 16.7. The molecule has 1 saturated carbocycles. The predicted molar refractivity (Wildman–Crippen MR) is 83.7 cm³/mol. The molecule has 0 atom stereocenters. The lowest BCUT2D eigenvalue weighted by atomic mass is 10.0. The highest BCUT2D eigenvalue weighted by molar-refractivity contribution is 7.99. The van der Waals surface area contributed by atoms with Gasteiger partial charge in [0.1, 0.15) is 5.01 Å². The molecule has 0 N–H and O–H groups in total. The van der Waals surface area contributed by atoms with Gasteiger partial charge < -0.3 is 0 Å². The molecule has 0 radical (unpaired) electrons. The number of nitriles is 1. The second kappa shape index (κ2) is 7.31. The maximum absolute atomic E-state index is 8.89. The summed E-state index contributed by atoms with van der Waals surface area (Å²) >= 11 is 3.81. The summed E-state index contributed by atoms with van der Waals surface area (Å²) in [6.07, 6.45) is 7.46. The zero-order valence-corrected chi connectivity index (χ0v) is 13.4. The van der Waals surface area contributed by atoms with Crippen LogP contribution in [0.1, 0.15) is 67.4 Å². The number of thioether (sulfide) groups is 1. The maximum atomic E-state index is 8.89. The van der Waals surface area contributed by atoms with Crippen molar-refractivity contribution in [3.63, 3.8) is 0 Å². The van der Waals surface area contributed by atoms with Crippen LogP contribution in [0, 0.1) is 11.3 Å². The van der Waals surface area contributed by atoms with Gasteiger partial charge in [-0.25, -0.2) is 4.98 Å². The standard InChI is InChI=1S/C15H22N2S2/c1-11(2)15-13(8-9-16)19-14(17-15)10-18-12-6-4-3-5-7-12/h11-12H,3-8,10H2,1-2H3. The van der Waals surface area contributed by atoms with Crippen molar-refractivity contribution in [3.8, 4) is 6.07 Å². The van der Waals surface area contributed by atoms with Gasteiger partial charge >= 0.3 is 0 Å². The molecule has 1 aliphatic rings. The molecule has 0 unspecified atom stereocenters. The van der Waals surface area contributed by atoms with Crippen molar-refractivity contribution in [1.82, 2.24) is 4.98 Å². The first-order valence-corrected chi connectivity index (χ1v) is 9.04. The van der Waals surface area contributed by atoms with Gasteiger partial charge in [0.25, 0.3) is 0 Å². The minimum Gasteiger partial charge on any atom is -0.245 e. The van der Waals surface area contributed by atoms with Crippen molar-refractivity contribution in [1.29, 1.82) is 5.26 Å². The van der Waals surface area contributed by atoms with E-state index in [0.717, 1.165) is 16.7 Å². The number of aromatic nitrogens is 1. The molecule has 0 spiro atoms. The number of hydrogen-bond acceptors (Lipinski definition) is 4. The van der Waals surface area contributed by atoms with Crippen LogP contribution in [0.2, 0.25) is 0 Å². The Hall–Kier alpha value is -0.530. The van der Waals surface area contributed by atoms with E-state index < -0.39 is 0 Å². The minimum absolute atomic E-state index is 0.424. The van der Waals surface area contributed by atoms with E-state index in [9.17, 15) is 0 Å². The van der Waals surface area contributed by atoms with Crippen LogP contribution in [0.3, 0.4) is 0 Å². The molecule has 1 heterocycles. The maximum Gasteiger partial charge on any atom is 0.103 e. The molecular weight excluding hydrogens is 272 g/mol. The molecule has 1 aliphatic carbocycles. The first-order chi connectivity index (χ1) is 9.20. The fourth-order valence-electron chi connectivity index (χ4n) is 2.55. The Morgan fingerprint density at radius 1 is 1.37 bits per heavy atom. The molecule has 2 rings (SSSR count). The smallest absolute Gasteiger partial charge is 0.103 e. The topological polar surface area (TPSA) is 36.7 Å². The number of thiazole rings is 1. The highest BCUT2D eigenvalue weighted by atomic mass is 32.2. The van der Waals surface area contributed by atoms with Gasteiger partial charge in [-0.1, -0.05) is 33.1 Å². The van der Waals surface area contributed by atoms with E-state index in [0.29, 0.717) is 12.3 Å². The Morgan fingerprint density at radius 2 is 2.11 bits per heavy atom. The largest absolute Gasteiger partial charge is 0.245 e. The molecule has 1 fully saturated rings. The molecule has 19 heavy (non-hydrogen) atoms. The molecule has 0 saturated heterocycles. The summed E-state index contributed by atoms with van der Waals surface area (Å²) in [5.74, 6) is 1.45. The molecule has 1 aromatic heterocycles. The number of hydrogen-bond donors (Lipinski definition) is 0. The van der Waals surface area contributed by atoms with Crippen LogP contribution in [0.5, 0.6) is 0 Å². The summed E-state index contributed by atoms with van der Waals surface area (Å²) in [4.78, 5) is 5.94. The van der Waals surface area contributed by atoms with E-state index in [1.54, 1.807) is 11.3 Å². The van der Waals surface area contributed by atoms with Crippen LogP contribution in [-0.2, 0) is 12.2 Å². The summed E-state index contributed by atoms with van der Waals surface area (Å²) in [6, 6.07) is 2.26. The average molecular weight is 294 g/mol. The summed E-state index contributed by atoms with van der Waals surface area (Å²) < 4.78 is 0. The van der Waals surface area contributed by atoms with Gasteiger partial charge in [-0.3, -0.25) is 0 Å². The number of rotatable bonds is 5. The SMILES string of the molecule is CC(C)c1nc(CSC2CCCCC2)sc1CC#N. The molecule has 0 bridgehead atoms. The third kappa shape index (κ3) is 4.22. The molecular formula is C15H22N2S2. The molecule has 1 aromatic rings. The lowest BCUT2D eigenvalue weighted by Gasteiger charge is -2.20. The predicted octanol–water partition coefficient (Wildman–Crippen LogP) is 4.90. The van der Waals surface area contributed by atoms with Crippen LogP contribution in [-0.4, -0.2) is 10.2 Å². The Kier molecular flexibility index (Phi) is 5.72. The van der Waals surface area contributed by atoms with Crippen molar-refractivity contribution in [2.45, 2.75) is 69.3 Å². The second-order valence-electron chi connectivity index (χ2n) is 5.48. The van der Waals surface area contributed by atoms with E-state index >= 15 is 0 Å². The van der Waals surface area contributed by atoms with Gasteiger partial charge in [-0.05, 0) is 18.8 Å². The minimum atomic E-state index is 0.424. The first kappa shape index (κ1) is 14.9. The summed E-state index contributed by atoms with van der Waals surface area (Å²) in [5, 5.41) is 10.9. The van der Waals surface area contributed by atoms with Gasteiger partial charge in [-0.2, -0.15) is 17.0 Å². The van der Waals surface area contributed by atoms with Crippen molar-refractivity contribution in [2.75, 3.05) is 0 Å². The van der Waals surface area contributed by atoms with Crippen LogP contribution in [0.25, 0.3) is 0 Å². The molecule has 0 aromatic carbocycles. The van der Waals surface area contributed by atoms with Gasteiger partial charge in [0.2, 0.25) is 0 Å². The second-order valence-corrected chi connectivity index (χ2v) is 7.93. The average Bonchev–Trinajstić information content (AvgIpc) is 2.81. The van der Waals surface area contributed by atoms with Crippen molar-refractivity contribution in [3.05, 3.63) is 15.6 Å². The van der Waals surface area contributed by atoms with E-state index in [1.807, 2.05) is 0 Å². The van der Waals surface area contributed by atoms with E-state index in [2.05, 4.69) is 31.7 Å². The van der Waals surface area contributed by atoms with Gasteiger partial charge in [-0.15, -0.1) is 11.3 Å². The van der Waals surface area contributed by atoms with E-state index in [1.165, 1.54) is 42.0 Å². The van der Waals surface area contributed by atoms with E-state index in [-0.39, 0.29) is 0 Å².